The standard InChI is InChI=1S/C27H38N4O4/c1-27(2,3)35-26(34)31-18-12-21(13-19-31)10-16-29-24(22-4-6-23(32)7-5-22)25(33)30-17-11-20-8-14-28-15-9-20/h4-9,14-15,21,24,29,32H,10-13,16-19H2,1-3H3,(H,30,33). The summed E-state index contributed by atoms with van der Waals surface area (Å²) in [7, 11) is 0. The van der Waals surface area contributed by atoms with Crippen LogP contribution in [0.3, 0.4) is 0 Å². The number of hydrogen-bond acceptors (Lipinski definition) is 6. The second-order valence-corrected chi connectivity index (χ2v) is 10.1. The fraction of sp³-hybridized carbons (Fsp3) is 0.519. The zero-order valence-corrected chi connectivity index (χ0v) is 21.0. The fourth-order valence-corrected chi connectivity index (χ4v) is 4.17. The Morgan fingerprint density at radius 2 is 1.74 bits per heavy atom. The van der Waals surface area contributed by atoms with Gasteiger partial charge in [-0.15, -0.1) is 0 Å². The third kappa shape index (κ3) is 8.87. The number of nitrogens with one attached hydrogen (secondary N) is 2. The van der Waals surface area contributed by atoms with Gasteiger partial charge in [-0.3, -0.25) is 9.78 Å². The number of rotatable bonds is 9. The maximum Gasteiger partial charge on any atom is 0.410 e. The SMILES string of the molecule is CC(C)(C)OC(=O)N1CCC(CCNC(C(=O)NCCc2ccncc2)c2ccc(O)cc2)CC1. The number of amides is 2. The van der Waals surface area contributed by atoms with Gasteiger partial charge in [0.1, 0.15) is 17.4 Å². The molecule has 1 aliphatic rings. The lowest BCUT2D eigenvalue weighted by molar-refractivity contribution is -0.123. The molecule has 0 saturated carbocycles. The third-order valence-corrected chi connectivity index (χ3v) is 6.12. The summed E-state index contributed by atoms with van der Waals surface area (Å²) in [6.45, 7) is 8.23. The Bertz CT molecular complexity index is 936. The molecule has 1 aliphatic heterocycles. The smallest absolute Gasteiger partial charge is 0.410 e. The minimum Gasteiger partial charge on any atom is -0.508 e. The highest BCUT2D eigenvalue weighted by atomic mass is 16.6. The molecule has 2 aromatic rings. The van der Waals surface area contributed by atoms with Gasteiger partial charge in [0.15, 0.2) is 0 Å². The zero-order valence-electron chi connectivity index (χ0n) is 21.0. The number of pyridine rings is 1. The number of piperidine rings is 1. The highest BCUT2D eigenvalue weighted by molar-refractivity contribution is 5.83. The van der Waals surface area contributed by atoms with Gasteiger partial charge in [0.2, 0.25) is 5.91 Å². The molecule has 1 aromatic carbocycles. The van der Waals surface area contributed by atoms with Crippen molar-refractivity contribution in [1.29, 1.82) is 0 Å². The lowest BCUT2D eigenvalue weighted by Crippen LogP contribution is -2.42. The quantitative estimate of drug-likeness (QED) is 0.502. The van der Waals surface area contributed by atoms with Crippen LogP contribution in [0.1, 0.15) is 57.2 Å². The van der Waals surface area contributed by atoms with E-state index in [-0.39, 0.29) is 17.7 Å². The molecule has 190 valence electrons. The van der Waals surface area contributed by atoms with E-state index in [0.717, 1.165) is 36.8 Å². The largest absolute Gasteiger partial charge is 0.508 e. The Hall–Kier alpha value is -3.13. The molecule has 0 bridgehead atoms. The van der Waals surface area contributed by atoms with Crippen LogP contribution in [0.4, 0.5) is 4.79 Å². The molecule has 3 rings (SSSR count). The van der Waals surface area contributed by atoms with Crippen molar-refractivity contribution in [3.8, 4) is 5.75 Å². The number of hydrogen-bond donors (Lipinski definition) is 3. The molecule has 1 saturated heterocycles. The molecule has 1 atom stereocenters. The second kappa shape index (κ2) is 12.5. The molecule has 1 fully saturated rings. The van der Waals surface area contributed by atoms with Gasteiger partial charge >= 0.3 is 6.09 Å². The van der Waals surface area contributed by atoms with Gasteiger partial charge in [0.05, 0.1) is 0 Å². The van der Waals surface area contributed by atoms with Gasteiger partial charge < -0.3 is 25.4 Å². The van der Waals surface area contributed by atoms with Crippen molar-refractivity contribution in [1.82, 2.24) is 20.5 Å². The number of carbonyl (C=O) groups excluding carboxylic acids is 2. The Balaban J connectivity index is 1.48. The van der Waals surface area contributed by atoms with Crippen molar-refractivity contribution in [2.24, 2.45) is 5.92 Å². The number of aromatic hydroxyl groups is 1. The van der Waals surface area contributed by atoms with Crippen molar-refractivity contribution in [2.75, 3.05) is 26.2 Å². The maximum atomic E-state index is 13.0. The van der Waals surface area contributed by atoms with E-state index in [2.05, 4.69) is 15.6 Å². The predicted octanol–water partition coefficient (Wildman–Crippen LogP) is 3.81. The van der Waals surface area contributed by atoms with Crippen LogP contribution in [0.5, 0.6) is 5.75 Å². The van der Waals surface area contributed by atoms with Gasteiger partial charge in [0.25, 0.3) is 0 Å². The number of benzene rings is 1. The molecular formula is C27H38N4O4. The highest BCUT2D eigenvalue weighted by Gasteiger charge is 2.27. The first kappa shape index (κ1) is 26.5. The van der Waals surface area contributed by atoms with Crippen molar-refractivity contribution in [3.63, 3.8) is 0 Å². The lowest BCUT2D eigenvalue weighted by atomic mass is 9.93. The van der Waals surface area contributed by atoms with E-state index >= 15 is 0 Å². The Morgan fingerprint density at radius 3 is 2.37 bits per heavy atom. The summed E-state index contributed by atoms with van der Waals surface area (Å²) in [5.74, 6) is 0.559. The van der Waals surface area contributed by atoms with Crippen molar-refractivity contribution >= 4 is 12.0 Å². The van der Waals surface area contributed by atoms with E-state index in [1.54, 1.807) is 41.6 Å². The number of phenols is 1. The van der Waals surface area contributed by atoms with E-state index < -0.39 is 11.6 Å². The second-order valence-electron chi connectivity index (χ2n) is 10.1. The summed E-state index contributed by atoms with van der Waals surface area (Å²) >= 11 is 0. The molecule has 0 spiro atoms. The Kier molecular flexibility index (Phi) is 9.48. The van der Waals surface area contributed by atoms with Gasteiger partial charge in [0, 0.05) is 32.0 Å². The van der Waals surface area contributed by atoms with E-state index in [1.807, 2.05) is 32.9 Å². The number of likely N-dealkylation sites (tertiary alicyclic amines) is 1. The minimum absolute atomic E-state index is 0.0931. The molecule has 2 heterocycles. The molecule has 3 N–H and O–H groups in total. The molecule has 1 unspecified atom stereocenters. The average Bonchev–Trinajstić information content (AvgIpc) is 2.82. The molecular weight excluding hydrogens is 444 g/mol. The normalized spacial score (nSPS) is 15.5. The molecule has 8 nitrogen and oxygen atoms in total. The summed E-state index contributed by atoms with van der Waals surface area (Å²) < 4.78 is 5.48. The summed E-state index contributed by atoms with van der Waals surface area (Å²) in [5, 5.41) is 16.1. The van der Waals surface area contributed by atoms with Crippen LogP contribution >= 0.6 is 0 Å². The molecule has 0 radical (unpaired) electrons. The first-order valence-electron chi connectivity index (χ1n) is 12.4. The Labute approximate surface area is 208 Å². The van der Waals surface area contributed by atoms with Crippen molar-refractivity contribution in [2.45, 2.75) is 58.1 Å². The van der Waals surface area contributed by atoms with Crippen LogP contribution in [0.15, 0.2) is 48.8 Å². The topological polar surface area (TPSA) is 104 Å². The lowest BCUT2D eigenvalue weighted by Gasteiger charge is -2.33. The summed E-state index contributed by atoms with van der Waals surface area (Å²) in [6.07, 6.45) is 6.73. The predicted molar refractivity (Wildman–Crippen MR) is 135 cm³/mol. The van der Waals surface area contributed by atoms with Crippen molar-refractivity contribution < 1.29 is 19.4 Å². The van der Waals surface area contributed by atoms with Crippen LogP contribution in [0.2, 0.25) is 0 Å². The average molecular weight is 483 g/mol. The molecule has 1 aromatic heterocycles. The number of aromatic nitrogens is 1. The van der Waals surface area contributed by atoms with Gasteiger partial charge in [-0.25, -0.2) is 4.79 Å². The zero-order chi connectivity index (χ0) is 25.3. The van der Waals surface area contributed by atoms with E-state index in [4.69, 9.17) is 4.74 Å². The number of phenolic OH excluding ortho intramolecular Hbond substituents is 1. The number of carbonyl (C=O) groups is 2. The van der Waals surface area contributed by atoms with Crippen LogP contribution in [0, 0.1) is 5.92 Å². The van der Waals surface area contributed by atoms with Gasteiger partial charge in [-0.05, 0) is 94.3 Å². The van der Waals surface area contributed by atoms with Crippen LogP contribution < -0.4 is 10.6 Å². The van der Waals surface area contributed by atoms with Crippen LogP contribution in [-0.4, -0.2) is 58.8 Å². The van der Waals surface area contributed by atoms with Crippen molar-refractivity contribution in [3.05, 3.63) is 59.9 Å². The van der Waals surface area contributed by atoms with Crippen LogP contribution in [0.25, 0.3) is 0 Å². The summed E-state index contributed by atoms with van der Waals surface area (Å²) in [6, 6.07) is 10.1. The van der Waals surface area contributed by atoms with E-state index in [1.165, 1.54) is 0 Å². The summed E-state index contributed by atoms with van der Waals surface area (Å²) in [4.78, 5) is 31.1. The molecule has 8 heteroatoms. The minimum atomic E-state index is -0.505. The first-order valence-corrected chi connectivity index (χ1v) is 12.4. The van der Waals surface area contributed by atoms with Crippen LogP contribution in [-0.2, 0) is 16.0 Å². The molecule has 2 amide bonds. The molecule has 35 heavy (non-hydrogen) atoms. The van der Waals surface area contributed by atoms with Gasteiger partial charge in [-0.1, -0.05) is 12.1 Å². The first-order chi connectivity index (χ1) is 16.7. The van der Waals surface area contributed by atoms with E-state index in [0.29, 0.717) is 32.1 Å². The van der Waals surface area contributed by atoms with E-state index in [9.17, 15) is 14.7 Å². The number of ether oxygens (including phenoxy) is 1. The third-order valence-electron chi connectivity index (χ3n) is 6.12. The number of nitrogens with zero attached hydrogens (tertiary/aromatic N) is 2. The van der Waals surface area contributed by atoms with Gasteiger partial charge in [-0.2, -0.15) is 0 Å². The fourth-order valence-electron chi connectivity index (χ4n) is 4.17. The Morgan fingerprint density at radius 1 is 1.09 bits per heavy atom. The maximum absolute atomic E-state index is 13.0. The highest BCUT2D eigenvalue weighted by Crippen LogP contribution is 2.23. The monoisotopic (exact) mass is 482 g/mol. The molecule has 0 aliphatic carbocycles. The summed E-state index contributed by atoms with van der Waals surface area (Å²) in [5.41, 5.74) is 1.44.